The van der Waals surface area contributed by atoms with Gasteiger partial charge in [-0.2, -0.15) is 0 Å². The number of nitrogens with two attached hydrogens (primary N) is 2. The molecule has 0 spiro atoms. The van der Waals surface area contributed by atoms with Crippen molar-refractivity contribution in [3.8, 4) is 0 Å². The van der Waals surface area contributed by atoms with Crippen LogP contribution in [0.2, 0.25) is 0 Å². The normalized spacial score (nSPS) is 10.8. The first-order valence-corrected chi connectivity index (χ1v) is 12.9. The zero-order chi connectivity index (χ0) is 28.2. The molecule has 11 heteroatoms. The number of hydrogen-bond donors (Lipinski definition) is 5. The molecule has 0 unspecified atom stereocenters. The van der Waals surface area contributed by atoms with E-state index in [9.17, 15) is 22.8 Å². The number of sulfonamides is 1. The van der Waals surface area contributed by atoms with Crippen molar-refractivity contribution >= 4 is 33.6 Å². The Kier molecular flexibility index (Phi) is 21.0. The number of primary sulfonamides is 1. The first-order valence-electron chi connectivity index (χ1n) is 11.3. The lowest BCUT2D eigenvalue weighted by Gasteiger charge is -2.10. The fourth-order valence-electron chi connectivity index (χ4n) is 2.01. The first kappa shape index (κ1) is 36.4. The molecule has 0 fully saturated rings. The average Bonchev–Trinajstić information content (AvgIpc) is 2.77. The van der Waals surface area contributed by atoms with E-state index in [1.54, 1.807) is 6.08 Å². The van der Waals surface area contributed by atoms with Gasteiger partial charge in [0.15, 0.2) is 0 Å². The summed E-state index contributed by atoms with van der Waals surface area (Å²) < 4.78 is 21.7. The van der Waals surface area contributed by atoms with Crippen LogP contribution in [0.3, 0.4) is 0 Å². The molecular formula is C24H43N5O5S. The van der Waals surface area contributed by atoms with Gasteiger partial charge in [0.25, 0.3) is 0 Å². The Bertz CT molecular complexity index is 938. The number of nitrogens with one attached hydrogen (secondary N) is 3. The van der Waals surface area contributed by atoms with E-state index in [-0.39, 0.29) is 22.6 Å². The third-order valence-electron chi connectivity index (χ3n) is 3.56. The number of rotatable bonds is 7. The molecule has 0 aliphatic rings. The molecule has 0 bridgehead atoms. The zero-order valence-electron chi connectivity index (χ0n) is 22.4. The predicted molar refractivity (Wildman–Crippen MR) is 143 cm³/mol. The predicted octanol–water partition coefficient (Wildman–Crippen LogP) is 3.62. The second kappa shape index (κ2) is 20.2. The molecule has 0 aliphatic carbocycles. The lowest BCUT2D eigenvalue weighted by Crippen LogP contribution is -2.30. The third kappa shape index (κ3) is 21.1. The third-order valence-corrected chi connectivity index (χ3v) is 4.49. The maximum atomic E-state index is 10.9. The minimum absolute atomic E-state index is 0.0200. The van der Waals surface area contributed by atoms with Gasteiger partial charge in [-0.25, -0.2) is 18.4 Å². The number of carbonyl (C=O) groups is 3. The van der Waals surface area contributed by atoms with Gasteiger partial charge < -0.3 is 21.7 Å². The Labute approximate surface area is 210 Å². The molecule has 200 valence electrons. The number of primary amides is 1. The molecule has 7 N–H and O–H groups in total. The van der Waals surface area contributed by atoms with Crippen molar-refractivity contribution in [2.45, 2.75) is 67.2 Å². The van der Waals surface area contributed by atoms with Crippen molar-refractivity contribution in [1.29, 1.82) is 0 Å². The highest BCUT2D eigenvalue weighted by atomic mass is 32.2. The van der Waals surface area contributed by atoms with E-state index in [2.05, 4.69) is 16.0 Å². The molecule has 0 saturated heterocycles. The second-order valence-electron chi connectivity index (χ2n) is 6.94. The summed E-state index contributed by atoms with van der Waals surface area (Å²) in [5.74, 6) is -0.109. The van der Waals surface area contributed by atoms with Gasteiger partial charge in [-0.1, -0.05) is 53.2 Å². The van der Waals surface area contributed by atoms with Gasteiger partial charge in [0.1, 0.15) is 0 Å². The summed E-state index contributed by atoms with van der Waals surface area (Å²) in [5.41, 5.74) is 7.34. The van der Waals surface area contributed by atoms with Gasteiger partial charge in [0.2, 0.25) is 21.8 Å². The molecular weight excluding hydrogens is 470 g/mol. The fraction of sp³-hybridized carbons (Fsp3) is 0.458. The topological polar surface area (TPSA) is 173 Å². The Balaban J connectivity index is -0.000000517. The molecule has 1 rings (SSSR count). The van der Waals surface area contributed by atoms with E-state index >= 15 is 0 Å². The molecule has 0 atom stereocenters. The highest BCUT2D eigenvalue weighted by Gasteiger charge is 2.06. The molecule has 1 aromatic carbocycles. The molecule has 0 aliphatic heterocycles. The maximum absolute atomic E-state index is 10.9. The van der Waals surface area contributed by atoms with E-state index in [0.29, 0.717) is 12.2 Å². The minimum atomic E-state index is -3.66. The van der Waals surface area contributed by atoms with E-state index in [4.69, 9.17) is 10.9 Å². The van der Waals surface area contributed by atoms with Crippen molar-refractivity contribution in [1.82, 2.24) is 10.6 Å². The summed E-state index contributed by atoms with van der Waals surface area (Å²) in [5, 5.41) is 12.7. The van der Waals surface area contributed by atoms with Crippen LogP contribution in [0, 0.1) is 5.92 Å². The Morgan fingerprint density at radius 2 is 1.40 bits per heavy atom. The van der Waals surface area contributed by atoms with Crippen molar-refractivity contribution < 1.29 is 22.8 Å². The van der Waals surface area contributed by atoms with E-state index in [1.165, 1.54) is 38.1 Å². The number of carbonyl (C=O) groups excluding carboxylic acids is 3. The molecule has 1 aromatic rings. The lowest BCUT2D eigenvalue weighted by molar-refractivity contribution is -0.118. The van der Waals surface area contributed by atoms with Crippen LogP contribution in [0.4, 0.5) is 10.5 Å². The highest BCUT2D eigenvalue weighted by molar-refractivity contribution is 7.89. The summed E-state index contributed by atoms with van der Waals surface area (Å²) in [6.45, 7) is 17.1. The molecule has 10 nitrogen and oxygen atoms in total. The van der Waals surface area contributed by atoms with Crippen LogP contribution in [0.25, 0.3) is 0 Å². The smallest absolute Gasteiger partial charge is 0.316 e. The van der Waals surface area contributed by atoms with Gasteiger partial charge in [-0.3, -0.25) is 9.59 Å². The van der Waals surface area contributed by atoms with Gasteiger partial charge in [0.05, 0.1) is 4.90 Å². The number of benzene rings is 1. The largest absolute Gasteiger partial charge is 0.353 e. The van der Waals surface area contributed by atoms with E-state index < -0.39 is 16.1 Å². The second-order valence-corrected chi connectivity index (χ2v) is 8.50. The fourth-order valence-corrected chi connectivity index (χ4v) is 2.52. The van der Waals surface area contributed by atoms with Crippen molar-refractivity contribution in [3.63, 3.8) is 0 Å². The zero-order valence-corrected chi connectivity index (χ0v) is 23.2. The molecule has 0 aromatic heterocycles. The van der Waals surface area contributed by atoms with Crippen LogP contribution < -0.4 is 26.8 Å². The molecule has 0 saturated carbocycles. The van der Waals surface area contributed by atoms with Crippen LogP contribution >= 0.6 is 0 Å². The monoisotopic (exact) mass is 513 g/mol. The number of anilines is 1. The molecule has 0 heterocycles. The summed E-state index contributed by atoms with van der Waals surface area (Å²) in [7, 11) is -3.66. The lowest BCUT2D eigenvalue weighted by atomic mass is 10.1. The number of allylic oxidation sites excluding steroid dienone is 3. The van der Waals surface area contributed by atoms with Gasteiger partial charge >= 0.3 is 6.03 Å². The summed E-state index contributed by atoms with van der Waals surface area (Å²) in [4.78, 5) is 32.1. The van der Waals surface area contributed by atoms with Gasteiger partial charge in [-0.05, 0) is 43.2 Å². The summed E-state index contributed by atoms with van der Waals surface area (Å²) >= 11 is 0. The van der Waals surface area contributed by atoms with Crippen LogP contribution in [0.15, 0.2) is 52.6 Å². The van der Waals surface area contributed by atoms with Crippen LogP contribution in [-0.2, 0) is 19.6 Å². The Morgan fingerprint density at radius 1 is 0.914 bits per heavy atom. The quantitative estimate of drug-likeness (QED) is 0.349. The van der Waals surface area contributed by atoms with E-state index in [1.807, 2.05) is 54.5 Å². The number of urea groups is 1. The molecule has 0 radical (unpaired) electrons. The number of amides is 4. The highest BCUT2D eigenvalue weighted by Crippen LogP contribution is 2.12. The van der Waals surface area contributed by atoms with Gasteiger partial charge in [-0.15, -0.1) is 0 Å². The van der Waals surface area contributed by atoms with E-state index in [0.717, 1.165) is 11.3 Å². The van der Waals surface area contributed by atoms with Gasteiger partial charge in [0, 0.05) is 31.8 Å². The molecule has 35 heavy (non-hydrogen) atoms. The van der Waals surface area contributed by atoms with Crippen LogP contribution in [-0.4, -0.2) is 32.8 Å². The van der Waals surface area contributed by atoms with Crippen molar-refractivity contribution in [2.75, 3.05) is 11.9 Å². The van der Waals surface area contributed by atoms with Crippen LogP contribution in [0.1, 0.15) is 62.3 Å². The van der Waals surface area contributed by atoms with Crippen molar-refractivity contribution in [2.24, 2.45) is 16.8 Å². The summed E-state index contributed by atoms with van der Waals surface area (Å²) in [6.07, 6.45) is 3.65. The van der Waals surface area contributed by atoms with Crippen molar-refractivity contribution in [3.05, 3.63) is 47.7 Å². The van der Waals surface area contributed by atoms with Crippen LogP contribution in [0.5, 0.6) is 0 Å². The molecule has 4 amide bonds. The maximum Gasteiger partial charge on any atom is 0.316 e. The Morgan fingerprint density at radius 3 is 1.74 bits per heavy atom. The minimum Gasteiger partial charge on any atom is -0.353 e. The Hall–Kier alpha value is -3.18. The standard InChI is InChI=1S/C12H21N3O2.C8H10N2O3S.2C2H6/c1-8(2)11(15-12(13)17)6-5-9(3)7-14-10(4)16;1-6(11)10-7-2-4-8(5-3-7)14(9,12)13;2*1-2/h5-6,8H,7H2,1-4H3,(H,14,16)(H3,13,15,17);2-5H,1H3,(H,10,11)(H2,9,12,13);2*1-2H3/b9-5+,11-6+;;;. The summed E-state index contributed by atoms with van der Waals surface area (Å²) in [6, 6.07) is 5.04. The SMILES string of the molecule is CC.CC.CC(=O)NC/C(C)=C/C=C(/NC(N)=O)C(C)C.CC(=O)Nc1ccc(S(N)(=O)=O)cc1. The first-order chi connectivity index (χ1) is 16.2. The average molecular weight is 514 g/mol. The number of hydrogen-bond acceptors (Lipinski definition) is 5.